The maximum Gasteiger partial charge on any atom is 0.0655 e. The summed E-state index contributed by atoms with van der Waals surface area (Å²) in [5, 5.41) is 0. The van der Waals surface area contributed by atoms with Crippen LogP contribution in [-0.2, 0) is 48.3 Å². The summed E-state index contributed by atoms with van der Waals surface area (Å²) in [5.74, 6) is 0.535. The number of hydrogen-bond donors (Lipinski definition) is 0. The zero-order valence-electron chi connectivity index (χ0n) is 34.0. The first-order chi connectivity index (χ1) is 23.8. The molecule has 0 rings (SSSR count). The fraction of sp³-hybridized carbons (Fsp3) is 1.00. The van der Waals surface area contributed by atoms with Crippen LogP contribution in [-0.4, -0.2) is 18.3 Å². The molecule has 318 valence electrons. The van der Waals surface area contributed by atoms with Gasteiger partial charge in [-0.15, -0.1) is 0 Å². The summed E-state index contributed by atoms with van der Waals surface area (Å²) in [7, 11) is -14.6. The van der Waals surface area contributed by atoms with E-state index in [0.717, 1.165) is 116 Å². The van der Waals surface area contributed by atoms with Crippen LogP contribution in [0.3, 0.4) is 0 Å². The Labute approximate surface area is 333 Å². The molecule has 6 unspecified atom stereocenters. The summed E-state index contributed by atoms with van der Waals surface area (Å²) in [5.41, 5.74) is 0. The second-order valence-corrected chi connectivity index (χ2v) is 16.9. The van der Waals surface area contributed by atoms with Crippen LogP contribution in [0, 0.1) is 17.8 Å². The van der Waals surface area contributed by atoms with Gasteiger partial charge in [-0.2, -0.15) is 0 Å². The van der Waals surface area contributed by atoms with Crippen molar-refractivity contribution < 1.29 is 77.7 Å². The van der Waals surface area contributed by atoms with E-state index in [2.05, 4.69) is 20.8 Å². The molecule has 0 aliphatic rings. The van der Waals surface area contributed by atoms with E-state index in [0.29, 0.717) is 19.3 Å². The van der Waals surface area contributed by atoms with E-state index in [-0.39, 0.29) is 38.8 Å². The minimum atomic E-state index is -4.86. The molecule has 12 nitrogen and oxygen atoms in total. The van der Waals surface area contributed by atoms with Gasteiger partial charge in [0.15, 0.2) is 0 Å². The molecule has 0 bridgehead atoms. The van der Waals surface area contributed by atoms with E-state index in [4.69, 9.17) is 13.6 Å². The molecule has 0 spiro atoms. The summed E-state index contributed by atoms with van der Waals surface area (Å²) < 4.78 is 46.5. The first-order valence-corrected chi connectivity index (χ1v) is 24.3. The summed E-state index contributed by atoms with van der Waals surface area (Å²) in [6.45, 7) is 18.5. The fourth-order valence-electron chi connectivity index (χ4n) is 6.19. The topological polar surface area (TPSA) is 217 Å². The van der Waals surface area contributed by atoms with Crippen LogP contribution >= 0.6 is 23.5 Å². The molecule has 52 heavy (non-hydrogen) atoms. The molecule has 0 fully saturated rings. The standard InChI is InChI=1S/3C12H27O4P.Mo/c3*1-4-7-9-11(6-3)12(10-8-5-2)16-17(13,14)15;/h3*11-12H,4-10H2,1-3H3,(H2,13,14,15);/p-6. The van der Waals surface area contributed by atoms with Crippen molar-refractivity contribution in [2.24, 2.45) is 17.8 Å². The Morgan fingerprint density at radius 2 is 0.538 bits per heavy atom. The summed E-state index contributed by atoms with van der Waals surface area (Å²) in [6.07, 6.45) is 18.1. The van der Waals surface area contributed by atoms with Gasteiger partial charge in [-0.05, 0) is 56.3 Å². The second kappa shape index (κ2) is 36.4. The predicted molar refractivity (Wildman–Crippen MR) is 196 cm³/mol. The number of phosphoric acid groups is 3. The van der Waals surface area contributed by atoms with Crippen molar-refractivity contribution in [3.8, 4) is 0 Å². The van der Waals surface area contributed by atoms with Crippen molar-refractivity contribution in [2.45, 2.75) is 215 Å². The predicted octanol–water partition coefficient (Wildman–Crippen LogP) is 7.82. The number of rotatable bonds is 30. The monoisotopic (exact) mass is 890 g/mol. The van der Waals surface area contributed by atoms with Crippen molar-refractivity contribution in [1.29, 1.82) is 0 Å². The third-order valence-corrected chi connectivity index (χ3v) is 10.8. The number of phosphoric ester groups is 3. The molecule has 6 atom stereocenters. The molecule has 0 heterocycles. The van der Waals surface area contributed by atoms with E-state index in [1.807, 2.05) is 41.5 Å². The molecule has 0 radical (unpaired) electrons. The molecule has 0 N–H and O–H groups in total. The van der Waals surface area contributed by atoms with E-state index in [1.165, 1.54) is 0 Å². The van der Waals surface area contributed by atoms with Crippen molar-refractivity contribution in [2.75, 3.05) is 0 Å². The Hall–Kier alpha value is 1.02. The SMILES string of the molecule is CCCCC(CC)C(CCCC)OP(=O)([O-])[O-].CCCCC(CC)C(CCCC)OP(=O)([O-])[O-].CCCCC(CC)C(CCCC)OP(=O)([O-])[O-].[Mo]. The van der Waals surface area contributed by atoms with Gasteiger partial charge < -0.3 is 56.6 Å². The van der Waals surface area contributed by atoms with E-state index in [9.17, 15) is 43.1 Å². The van der Waals surface area contributed by atoms with Crippen molar-refractivity contribution in [1.82, 2.24) is 0 Å². The quantitative estimate of drug-likeness (QED) is 0.0498. The molecule has 0 saturated heterocycles. The molecule has 0 aliphatic heterocycles. The molecule has 16 heteroatoms. The van der Waals surface area contributed by atoms with Crippen LogP contribution in [0.2, 0.25) is 0 Å². The molecular weight excluding hydrogens is 813 g/mol. The minimum absolute atomic E-state index is 0. The third kappa shape index (κ3) is 37.9. The Kier molecular flexibility index (Phi) is 41.8. The Bertz CT molecular complexity index is 801. The maximum absolute atomic E-state index is 10.7. The van der Waals surface area contributed by atoms with Crippen LogP contribution in [0.5, 0.6) is 0 Å². The fourth-order valence-corrected chi connectivity index (χ4v) is 8.02. The van der Waals surface area contributed by atoms with Gasteiger partial charge in [0.05, 0.1) is 41.8 Å². The largest absolute Gasteiger partial charge is 0.790 e. The van der Waals surface area contributed by atoms with Gasteiger partial charge in [0.2, 0.25) is 0 Å². The minimum Gasteiger partial charge on any atom is -0.790 e. The first kappa shape index (κ1) is 59.7. The zero-order chi connectivity index (χ0) is 39.9. The zero-order valence-corrected chi connectivity index (χ0v) is 38.7. The normalized spacial score (nSPS) is 15.5. The second-order valence-electron chi connectivity index (χ2n) is 13.6. The number of unbranched alkanes of at least 4 members (excludes halogenated alkanes) is 6. The van der Waals surface area contributed by atoms with Gasteiger partial charge in [0.1, 0.15) is 0 Å². The first-order valence-electron chi connectivity index (χ1n) is 19.9. The molecule has 0 aromatic rings. The summed E-state index contributed by atoms with van der Waals surface area (Å²) >= 11 is 0. The van der Waals surface area contributed by atoms with Gasteiger partial charge in [-0.3, -0.25) is 0 Å². The van der Waals surface area contributed by atoms with Crippen LogP contribution in [0.1, 0.15) is 197 Å². The van der Waals surface area contributed by atoms with Gasteiger partial charge in [0.25, 0.3) is 0 Å². The smallest absolute Gasteiger partial charge is 0.0655 e. The molecule has 0 amide bonds. The van der Waals surface area contributed by atoms with Crippen LogP contribution < -0.4 is 29.4 Å². The van der Waals surface area contributed by atoms with Gasteiger partial charge >= 0.3 is 0 Å². The van der Waals surface area contributed by atoms with E-state index in [1.54, 1.807) is 0 Å². The van der Waals surface area contributed by atoms with Crippen molar-refractivity contribution in [3.05, 3.63) is 0 Å². The molecule has 0 aromatic carbocycles. The van der Waals surface area contributed by atoms with Crippen molar-refractivity contribution in [3.63, 3.8) is 0 Å². The summed E-state index contributed by atoms with van der Waals surface area (Å²) in [4.78, 5) is 64.5. The van der Waals surface area contributed by atoms with E-state index >= 15 is 0 Å². The Morgan fingerprint density at radius 1 is 0.365 bits per heavy atom. The van der Waals surface area contributed by atoms with Crippen molar-refractivity contribution >= 4 is 23.5 Å². The molecule has 0 aliphatic carbocycles. The number of hydrogen-bond acceptors (Lipinski definition) is 12. The van der Waals surface area contributed by atoms with Crippen LogP contribution in [0.4, 0.5) is 0 Å². The molecular formula is C36H75MoO12P3-6. The van der Waals surface area contributed by atoms with E-state index < -0.39 is 41.8 Å². The maximum atomic E-state index is 10.7. The van der Waals surface area contributed by atoms with Gasteiger partial charge in [-0.1, -0.05) is 159 Å². The summed E-state index contributed by atoms with van der Waals surface area (Å²) in [6, 6.07) is 0. The molecule has 0 aromatic heterocycles. The Balaban J connectivity index is -0.000000329. The van der Waals surface area contributed by atoms with Crippen LogP contribution in [0.25, 0.3) is 0 Å². The average Bonchev–Trinajstić information content (AvgIpc) is 3.04. The van der Waals surface area contributed by atoms with Crippen LogP contribution in [0.15, 0.2) is 0 Å². The Morgan fingerprint density at radius 3 is 0.673 bits per heavy atom. The third-order valence-electron chi connectivity index (χ3n) is 9.26. The van der Waals surface area contributed by atoms with Gasteiger partial charge in [0, 0.05) is 21.1 Å². The average molecular weight is 889 g/mol. The van der Waals surface area contributed by atoms with Gasteiger partial charge in [-0.25, -0.2) is 0 Å². The molecule has 0 saturated carbocycles.